The first-order chi connectivity index (χ1) is 10.8. The maximum absolute atomic E-state index is 13.3. The number of hydrogen-bond donors (Lipinski definition) is 1. The van der Waals surface area contributed by atoms with E-state index in [1.807, 2.05) is 0 Å². The SMILES string of the molecule is [O-][N+]1=C2CCc3nonc3[C@@H]2[C@H]2CCC[C@]21[NH+]1CCOCC1. The second-order valence-electron chi connectivity index (χ2n) is 7.00. The largest absolute Gasteiger partial charge is 0.619 e. The molecular weight excluding hydrogens is 284 g/mol. The lowest BCUT2D eigenvalue weighted by Crippen LogP contribution is -3.23. The van der Waals surface area contributed by atoms with E-state index >= 15 is 0 Å². The fourth-order valence-electron chi connectivity index (χ4n) is 5.43. The van der Waals surface area contributed by atoms with E-state index in [9.17, 15) is 5.21 Å². The van der Waals surface area contributed by atoms with Crippen molar-refractivity contribution in [1.82, 2.24) is 10.3 Å². The molecule has 1 saturated heterocycles. The maximum Gasteiger partial charge on any atom is 0.300 e. The predicted molar refractivity (Wildman–Crippen MR) is 75.6 cm³/mol. The van der Waals surface area contributed by atoms with E-state index in [-0.39, 0.29) is 11.6 Å². The van der Waals surface area contributed by atoms with Crippen LogP contribution in [0.2, 0.25) is 0 Å². The normalized spacial score (nSPS) is 38.0. The van der Waals surface area contributed by atoms with Gasteiger partial charge in [0.1, 0.15) is 30.4 Å². The minimum Gasteiger partial charge on any atom is -0.619 e. The molecule has 1 aromatic rings. The van der Waals surface area contributed by atoms with Gasteiger partial charge in [0.25, 0.3) is 0 Å². The maximum atomic E-state index is 13.3. The summed E-state index contributed by atoms with van der Waals surface area (Å²) in [5, 5.41) is 21.5. The first-order valence-corrected chi connectivity index (χ1v) is 8.39. The van der Waals surface area contributed by atoms with Crippen LogP contribution in [-0.2, 0) is 11.2 Å². The first kappa shape index (κ1) is 13.0. The van der Waals surface area contributed by atoms with Crippen molar-refractivity contribution in [1.29, 1.82) is 0 Å². The Kier molecular flexibility index (Phi) is 2.67. The summed E-state index contributed by atoms with van der Waals surface area (Å²) in [4.78, 5) is 1.41. The highest BCUT2D eigenvalue weighted by atomic mass is 16.6. The smallest absolute Gasteiger partial charge is 0.300 e. The molecule has 7 heteroatoms. The zero-order chi connectivity index (χ0) is 14.7. The Morgan fingerprint density at radius 3 is 2.95 bits per heavy atom. The van der Waals surface area contributed by atoms with Crippen LogP contribution in [0.25, 0.3) is 0 Å². The van der Waals surface area contributed by atoms with Crippen LogP contribution in [0, 0.1) is 11.1 Å². The van der Waals surface area contributed by atoms with E-state index in [2.05, 4.69) is 10.3 Å². The summed E-state index contributed by atoms with van der Waals surface area (Å²) < 4.78 is 11.9. The summed E-state index contributed by atoms with van der Waals surface area (Å²) in [6, 6.07) is 0. The van der Waals surface area contributed by atoms with Gasteiger partial charge in [-0.1, -0.05) is 10.3 Å². The molecule has 0 radical (unpaired) electrons. The standard InChI is InChI=1S/C15H20N4O3/c20-19-12-4-3-11-14(17-22-16-11)13(12)10-2-1-5-15(10,19)18-6-8-21-9-7-18/h10,13H,1-9H2/p+1/t10-,13-,15-/m1/s1. The van der Waals surface area contributed by atoms with Gasteiger partial charge >= 0.3 is 5.66 Å². The number of hydrogen-bond acceptors (Lipinski definition) is 5. The van der Waals surface area contributed by atoms with Gasteiger partial charge in [0.05, 0.1) is 25.6 Å². The lowest BCUT2D eigenvalue weighted by atomic mass is 9.77. The van der Waals surface area contributed by atoms with E-state index in [0.29, 0.717) is 5.92 Å². The van der Waals surface area contributed by atoms with Gasteiger partial charge in [0.15, 0.2) is 5.71 Å². The summed E-state index contributed by atoms with van der Waals surface area (Å²) in [6.07, 6.45) is 4.79. The number of aromatic nitrogens is 2. The fraction of sp³-hybridized carbons (Fsp3) is 0.800. The van der Waals surface area contributed by atoms with E-state index < -0.39 is 0 Å². The molecule has 0 unspecified atom stereocenters. The highest BCUT2D eigenvalue weighted by Gasteiger charge is 2.69. The third-order valence-corrected chi connectivity index (χ3v) is 6.28. The van der Waals surface area contributed by atoms with Crippen LogP contribution >= 0.6 is 0 Å². The van der Waals surface area contributed by atoms with Crippen molar-refractivity contribution >= 4 is 5.71 Å². The van der Waals surface area contributed by atoms with Crippen molar-refractivity contribution in [2.75, 3.05) is 26.3 Å². The van der Waals surface area contributed by atoms with E-state index in [1.165, 1.54) is 9.64 Å². The van der Waals surface area contributed by atoms with E-state index in [4.69, 9.17) is 9.37 Å². The number of quaternary nitrogens is 1. The molecule has 3 atom stereocenters. The summed E-state index contributed by atoms with van der Waals surface area (Å²) in [7, 11) is 0. The minimum atomic E-state index is -0.301. The number of fused-ring (bicyclic) bond motifs is 5. The zero-order valence-electron chi connectivity index (χ0n) is 12.6. The molecular formula is C15H21N4O3+. The van der Waals surface area contributed by atoms with Gasteiger partial charge in [-0.05, 0) is 12.8 Å². The molecule has 2 fully saturated rings. The lowest BCUT2D eigenvalue weighted by molar-refractivity contribution is -1.04. The van der Waals surface area contributed by atoms with Crippen LogP contribution in [0.4, 0.5) is 0 Å². The fourth-order valence-corrected chi connectivity index (χ4v) is 5.43. The highest BCUT2D eigenvalue weighted by Crippen LogP contribution is 2.50. The zero-order valence-corrected chi connectivity index (χ0v) is 12.6. The Bertz CT molecular complexity index is 636. The third-order valence-electron chi connectivity index (χ3n) is 6.28. The molecule has 2 aliphatic carbocycles. The molecule has 0 bridgehead atoms. The summed E-state index contributed by atoms with van der Waals surface area (Å²) in [5.74, 6) is 0.476. The second kappa shape index (κ2) is 4.52. The Morgan fingerprint density at radius 2 is 2.09 bits per heavy atom. The number of aryl methyl sites for hydroxylation is 1. The van der Waals surface area contributed by atoms with Gasteiger partial charge in [-0.3, -0.25) is 4.90 Å². The summed E-state index contributed by atoms with van der Waals surface area (Å²) in [6.45, 7) is 3.38. The molecule has 2 aliphatic heterocycles. The molecule has 118 valence electrons. The molecule has 1 aromatic heterocycles. The molecule has 5 rings (SSSR count). The van der Waals surface area contributed by atoms with E-state index in [1.54, 1.807) is 0 Å². The highest BCUT2D eigenvalue weighted by molar-refractivity contribution is 5.90. The first-order valence-electron chi connectivity index (χ1n) is 8.39. The van der Waals surface area contributed by atoms with Crippen molar-refractivity contribution in [2.45, 2.75) is 43.7 Å². The minimum absolute atomic E-state index is 0.130. The number of nitrogens with one attached hydrogen (secondary N) is 1. The van der Waals surface area contributed by atoms with Crippen molar-refractivity contribution < 1.29 is 19.0 Å². The van der Waals surface area contributed by atoms with Gasteiger partial charge in [-0.25, -0.2) is 4.63 Å². The number of rotatable bonds is 1. The molecule has 0 amide bonds. The molecule has 3 heterocycles. The predicted octanol–water partition coefficient (Wildman–Crippen LogP) is -0.524. The third kappa shape index (κ3) is 1.46. The van der Waals surface area contributed by atoms with Gasteiger partial charge in [-0.2, -0.15) is 4.74 Å². The van der Waals surface area contributed by atoms with Gasteiger partial charge in [0.2, 0.25) is 0 Å². The Labute approximate surface area is 128 Å². The Morgan fingerprint density at radius 1 is 1.23 bits per heavy atom. The molecule has 1 N–H and O–H groups in total. The van der Waals surface area contributed by atoms with Crippen molar-refractivity contribution in [3.05, 3.63) is 16.6 Å². The number of ether oxygens (including phenoxy) is 1. The lowest BCUT2D eigenvalue weighted by Gasteiger charge is -2.38. The monoisotopic (exact) mass is 305 g/mol. The topological polar surface area (TPSA) is 78.7 Å². The van der Waals surface area contributed by atoms with Crippen LogP contribution in [0.3, 0.4) is 0 Å². The average Bonchev–Trinajstić information content (AvgIpc) is 3.24. The van der Waals surface area contributed by atoms with Gasteiger partial charge < -0.3 is 9.94 Å². The number of nitrogens with zero attached hydrogens (tertiary/aromatic N) is 3. The van der Waals surface area contributed by atoms with Crippen LogP contribution in [0.15, 0.2) is 4.63 Å². The Balaban J connectivity index is 1.63. The average molecular weight is 305 g/mol. The van der Waals surface area contributed by atoms with E-state index in [0.717, 1.165) is 75.5 Å². The van der Waals surface area contributed by atoms with Crippen molar-refractivity contribution in [2.24, 2.45) is 5.92 Å². The van der Waals surface area contributed by atoms with Crippen LogP contribution in [0.1, 0.15) is 43.0 Å². The molecule has 0 aromatic carbocycles. The second-order valence-corrected chi connectivity index (χ2v) is 7.00. The molecule has 4 aliphatic rings. The summed E-state index contributed by atoms with van der Waals surface area (Å²) in [5.41, 5.74) is 2.61. The Hall–Kier alpha value is -1.47. The van der Waals surface area contributed by atoms with Gasteiger partial charge in [0, 0.05) is 12.8 Å². The molecule has 22 heavy (non-hydrogen) atoms. The number of hydroxylamine groups is 1. The van der Waals surface area contributed by atoms with Crippen molar-refractivity contribution in [3.63, 3.8) is 0 Å². The molecule has 0 spiro atoms. The quantitative estimate of drug-likeness (QED) is 0.558. The van der Waals surface area contributed by atoms with Crippen molar-refractivity contribution in [3.8, 4) is 0 Å². The van der Waals surface area contributed by atoms with Crippen LogP contribution in [-0.4, -0.2) is 52.7 Å². The van der Waals surface area contributed by atoms with Crippen LogP contribution < -0.4 is 4.90 Å². The number of morpholine rings is 1. The molecule has 7 nitrogen and oxygen atoms in total. The van der Waals surface area contributed by atoms with Crippen LogP contribution in [0.5, 0.6) is 0 Å². The molecule has 1 saturated carbocycles. The summed E-state index contributed by atoms with van der Waals surface area (Å²) >= 11 is 0. The van der Waals surface area contributed by atoms with Gasteiger partial charge in [-0.15, -0.1) is 0 Å².